The fraction of sp³-hybridized carbons (Fsp3) is 0.333. The number of benzene rings is 2. The predicted molar refractivity (Wildman–Crippen MR) is 142 cm³/mol. The predicted octanol–water partition coefficient (Wildman–Crippen LogP) is 4.62. The molecule has 3 aromatic rings. The lowest BCUT2D eigenvalue weighted by atomic mass is 9.94. The summed E-state index contributed by atoms with van der Waals surface area (Å²) in [4.78, 5) is 22.6. The zero-order valence-corrected chi connectivity index (χ0v) is 20.8. The fourth-order valence-electron chi connectivity index (χ4n) is 4.76. The van der Waals surface area contributed by atoms with Crippen molar-refractivity contribution in [3.63, 3.8) is 0 Å². The molecule has 5 rings (SSSR count). The van der Waals surface area contributed by atoms with E-state index in [-0.39, 0.29) is 11.8 Å². The summed E-state index contributed by atoms with van der Waals surface area (Å²) in [6.45, 7) is 7.05. The lowest BCUT2D eigenvalue weighted by molar-refractivity contribution is 0.229. The van der Waals surface area contributed by atoms with E-state index in [4.69, 9.17) is 11.6 Å². The number of piperazine rings is 1. The number of carbonyl (C=O) groups excluding carboxylic acids is 1. The maximum atomic E-state index is 12.4. The third-order valence-corrected chi connectivity index (χ3v) is 7.14. The summed E-state index contributed by atoms with van der Waals surface area (Å²) < 4.78 is 0. The summed E-state index contributed by atoms with van der Waals surface area (Å²) in [5.74, 6) is 1.12. The van der Waals surface area contributed by atoms with Gasteiger partial charge < -0.3 is 20.2 Å². The van der Waals surface area contributed by atoms with Crippen LogP contribution in [0.2, 0.25) is 5.02 Å². The van der Waals surface area contributed by atoms with Crippen LogP contribution >= 0.6 is 11.6 Å². The first-order valence-electron chi connectivity index (χ1n) is 12.1. The molecule has 0 atom stereocenters. The van der Waals surface area contributed by atoms with Crippen molar-refractivity contribution in [2.75, 3.05) is 56.1 Å². The SMILES string of the molecule is CCc1cc(-c2ccnc(N3CCNCC3)c2)c(O)c(-c2ccc(N3CCN(C)C3=O)c(Cl)c2)c1. The highest BCUT2D eigenvalue weighted by Gasteiger charge is 2.28. The molecule has 2 saturated heterocycles. The van der Waals surface area contributed by atoms with E-state index in [0.717, 1.165) is 66.2 Å². The topological polar surface area (TPSA) is 71.9 Å². The Kier molecular flexibility index (Phi) is 6.54. The van der Waals surface area contributed by atoms with Gasteiger partial charge in [0.2, 0.25) is 0 Å². The van der Waals surface area contributed by atoms with Crippen molar-refractivity contribution >= 4 is 29.1 Å². The number of nitrogens with one attached hydrogen (secondary N) is 1. The molecule has 2 fully saturated rings. The largest absolute Gasteiger partial charge is 0.507 e. The molecule has 7 nitrogen and oxygen atoms in total. The lowest BCUT2D eigenvalue weighted by Gasteiger charge is -2.28. The van der Waals surface area contributed by atoms with Crippen LogP contribution in [0.15, 0.2) is 48.7 Å². The minimum atomic E-state index is -0.0595. The van der Waals surface area contributed by atoms with Crippen LogP contribution in [0.4, 0.5) is 16.3 Å². The van der Waals surface area contributed by atoms with Crippen molar-refractivity contribution in [1.82, 2.24) is 15.2 Å². The van der Waals surface area contributed by atoms with Crippen molar-refractivity contribution < 1.29 is 9.90 Å². The van der Waals surface area contributed by atoms with E-state index < -0.39 is 0 Å². The number of nitrogens with zero attached hydrogens (tertiary/aromatic N) is 4. The van der Waals surface area contributed by atoms with E-state index in [1.165, 1.54) is 0 Å². The summed E-state index contributed by atoms with van der Waals surface area (Å²) in [5, 5.41) is 15.3. The van der Waals surface area contributed by atoms with Crippen LogP contribution in [0.1, 0.15) is 12.5 Å². The molecule has 2 aliphatic rings. The van der Waals surface area contributed by atoms with E-state index in [9.17, 15) is 9.90 Å². The van der Waals surface area contributed by atoms with Crippen molar-refractivity contribution in [3.05, 3.63) is 59.2 Å². The van der Waals surface area contributed by atoms with Gasteiger partial charge in [0.25, 0.3) is 0 Å². The van der Waals surface area contributed by atoms with E-state index in [2.05, 4.69) is 28.2 Å². The quantitative estimate of drug-likeness (QED) is 0.545. The number of carbonyl (C=O) groups is 1. The molecule has 2 aromatic carbocycles. The lowest BCUT2D eigenvalue weighted by Crippen LogP contribution is -2.43. The molecule has 182 valence electrons. The van der Waals surface area contributed by atoms with Crippen LogP contribution in [0.3, 0.4) is 0 Å². The van der Waals surface area contributed by atoms with Crippen molar-refractivity contribution in [1.29, 1.82) is 0 Å². The number of hydrogen-bond acceptors (Lipinski definition) is 5. The molecule has 1 aromatic heterocycles. The number of pyridine rings is 1. The molecular weight excluding hydrogens is 462 g/mol. The molecule has 2 amide bonds. The van der Waals surface area contributed by atoms with Crippen LogP contribution < -0.4 is 15.1 Å². The third kappa shape index (κ3) is 4.54. The molecule has 0 bridgehead atoms. The number of halogens is 1. The highest BCUT2D eigenvalue weighted by Crippen LogP contribution is 2.42. The van der Waals surface area contributed by atoms with Crippen molar-refractivity contribution in [2.45, 2.75) is 13.3 Å². The zero-order valence-electron chi connectivity index (χ0n) is 20.1. The van der Waals surface area contributed by atoms with Crippen LogP contribution in [0.5, 0.6) is 5.75 Å². The van der Waals surface area contributed by atoms with Gasteiger partial charge in [-0.2, -0.15) is 0 Å². The Labute approximate surface area is 210 Å². The van der Waals surface area contributed by atoms with Gasteiger partial charge in [0, 0.05) is 63.6 Å². The third-order valence-electron chi connectivity index (χ3n) is 6.84. The zero-order chi connectivity index (χ0) is 24.5. The van der Waals surface area contributed by atoms with E-state index in [0.29, 0.717) is 23.8 Å². The molecule has 0 unspecified atom stereocenters. The van der Waals surface area contributed by atoms with Crippen LogP contribution in [-0.4, -0.2) is 67.3 Å². The Bertz CT molecular complexity index is 1260. The summed E-state index contributed by atoms with van der Waals surface area (Å²) in [5.41, 5.74) is 5.03. The number of anilines is 2. The molecular formula is C27H30ClN5O2. The second-order valence-corrected chi connectivity index (χ2v) is 9.46. The van der Waals surface area contributed by atoms with E-state index >= 15 is 0 Å². The Balaban J connectivity index is 1.53. The Morgan fingerprint density at radius 3 is 2.34 bits per heavy atom. The Hall–Kier alpha value is -3.29. The van der Waals surface area contributed by atoms with E-state index in [1.807, 2.05) is 36.4 Å². The summed E-state index contributed by atoms with van der Waals surface area (Å²) >= 11 is 6.65. The number of aryl methyl sites for hydroxylation is 1. The molecule has 2 N–H and O–H groups in total. The van der Waals surface area contributed by atoms with Gasteiger partial charge in [-0.1, -0.05) is 24.6 Å². The molecule has 8 heteroatoms. The number of phenols is 1. The minimum absolute atomic E-state index is 0.0595. The first kappa shape index (κ1) is 23.5. The number of amides is 2. The average molecular weight is 492 g/mol. The minimum Gasteiger partial charge on any atom is -0.507 e. The summed E-state index contributed by atoms with van der Waals surface area (Å²) in [6.07, 6.45) is 2.64. The second kappa shape index (κ2) is 9.76. The smallest absolute Gasteiger partial charge is 0.324 e. The van der Waals surface area contributed by atoms with Gasteiger partial charge in [-0.05, 0) is 59.5 Å². The van der Waals surface area contributed by atoms with Gasteiger partial charge in [-0.25, -0.2) is 9.78 Å². The van der Waals surface area contributed by atoms with Crippen LogP contribution in [0.25, 0.3) is 22.3 Å². The first-order chi connectivity index (χ1) is 17.0. The normalized spacial score (nSPS) is 16.3. The molecule has 2 aliphatic heterocycles. The number of aromatic hydroxyl groups is 1. The average Bonchev–Trinajstić information content (AvgIpc) is 3.22. The Morgan fingerprint density at radius 2 is 1.71 bits per heavy atom. The maximum Gasteiger partial charge on any atom is 0.324 e. The number of phenolic OH excluding ortho intramolecular Hbond substituents is 1. The number of likely N-dealkylation sites (N-methyl/N-ethyl adjacent to an activating group) is 1. The fourth-order valence-corrected chi connectivity index (χ4v) is 5.04. The summed E-state index contributed by atoms with van der Waals surface area (Å²) in [6, 6.07) is 13.6. The molecule has 0 saturated carbocycles. The molecule has 35 heavy (non-hydrogen) atoms. The van der Waals surface area contributed by atoms with Gasteiger partial charge in [-0.15, -0.1) is 0 Å². The van der Waals surface area contributed by atoms with Gasteiger partial charge in [0.1, 0.15) is 11.6 Å². The van der Waals surface area contributed by atoms with Gasteiger partial charge in [-0.3, -0.25) is 4.90 Å². The highest BCUT2D eigenvalue weighted by molar-refractivity contribution is 6.34. The monoisotopic (exact) mass is 491 g/mol. The number of rotatable bonds is 5. The van der Waals surface area contributed by atoms with Gasteiger partial charge in [0.15, 0.2) is 0 Å². The molecule has 0 aliphatic carbocycles. The first-order valence-corrected chi connectivity index (χ1v) is 12.4. The van der Waals surface area contributed by atoms with E-state index in [1.54, 1.807) is 23.0 Å². The Morgan fingerprint density at radius 1 is 1.00 bits per heavy atom. The maximum absolute atomic E-state index is 12.4. The molecule has 3 heterocycles. The van der Waals surface area contributed by atoms with Crippen molar-refractivity contribution in [2.24, 2.45) is 0 Å². The van der Waals surface area contributed by atoms with Gasteiger partial charge >= 0.3 is 6.03 Å². The van der Waals surface area contributed by atoms with Gasteiger partial charge in [0.05, 0.1) is 10.7 Å². The number of urea groups is 1. The molecule has 0 radical (unpaired) electrons. The van der Waals surface area contributed by atoms with Crippen LogP contribution in [0, 0.1) is 0 Å². The van der Waals surface area contributed by atoms with Crippen molar-refractivity contribution in [3.8, 4) is 28.0 Å². The standard InChI is InChI=1S/C27H30ClN5O2/c1-3-18-14-21(19-4-5-24(23(28)16-19)33-13-12-31(2)27(33)35)26(34)22(15-18)20-6-7-30-25(17-20)32-10-8-29-9-11-32/h4-7,14-17,29,34H,3,8-13H2,1-2H3. The number of hydrogen-bond donors (Lipinski definition) is 2. The number of aromatic nitrogens is 1. The molecule has 0 spiro atoms. The second-order valence-electron chi connectivity index (χ2n) is 9.05. The summed E-state index contributed by atoms with van der Waals surface area (Å²) in [7, 11) is 1.78. The van der Waals surface area contributed by atoms with Crippen LogP contribution in [-0.2, 0) is 6.42 Å². The highest BCUT2D eigenvalue weighted by atomic mass is 35.5.